The molecule has 1 amide bonds. The van der Waals surface area contributed by atoms with Crippen molar-refractivity contribution in [2.24, 2.45) is 11.8 Å². The molecule has 3 aliphatic rings. The third kappa shape index (κ3) is 7.49. The van der Waals surface area contributed by atoms with E-state index in [2.05, 4.69) is 46.5 Å². The maximum Gasteiger partial charge on any atom is 0.237 e. The normalized spacial score (nSPS) is 20.8. The fourth-order valence-electron chi connectivity index (χ4n) is 8.74. The number of amides is 1. The maximum atomic E-state index is 13.6. The van der Waals surface area contributed by atoms with Gasteiger partial charge in [0.05, 0.1) is 33.9 Å². The van der Waals surface area contributed by atoms with Crippen molar-refractivity contribution < 1.29 is 29.7 Å². The van der Waals surface area contributed by atoms with Crippen LogP contribution in [-0.4, -0.2) is 119 Å². The number of aromatic hydroxyl groups is 1. The fraction of sp³-hybridized carbons (Fsp3) is 0.419. The number of β-amino-alcohol motifs (C(OH)–C–C–N with tert-alkyl or cyclic N) is 1. The van der Waals surface area contributed by atoms with E-state index in [0.717, 1.165) is 71.1 Å². The summed E-state index contributed by atoms with van der Waals surface area (Å²) in [6, 6.07) is 20.0. The zero-order valence-corrected chi connectivity index (χ0v) is 34.0. The number of hydrogen-bond acceptors (Lipinski definition) is 14. The average molecular weight is 820 g/mol. The number of carbonyl (C=O) groups is 1. The van der Waals surface area contributed by atoms with Gasteiger partial charge in [0.2, 0.25) is 5.91 Å². The molecule has 2 unspecified atom stereocenters. The Labute approximate surface area is 345 Å². The van der Waals surface area contributed by atoms with Crippen LogP contribution in [0.5, 0.6) is 5.75 Å². The van der Waals surface area contributed by atoms with Gasteiger partial charge in [-0.1, -0.05) is 55.4 Å². The number of carbonyl (C=O) groups excluding carboxylic acids is 1. The number of phenols is 1. The number of benzene rings is 2. The van der Waals surface area contributed by atoms with Crippen molar-refractivity contribution in [2.45, 2.75) is 63.6 Å². The van der Waals surface area contributed by atoms with Gasteiger partial charge in [-0.05, 0) is 54.7 Å². The third-order valence-electron chi connectivity index (χ3n) is 12.3. The third-order valence-corrected chi connectivity index (χ3v) is 13.3. The van der Waals surface area contributed by atoms with Crippen LogP contribution < -0.4 is 10.2 Å². The first kappa shape index (κ1) is 39.2. The van der Waals surface area contributed by atoms with Gasteiger partial charge in [-0.25, -0.2) is 4.98 Å². The molecule has 15 nitrogen and oxygen atoms in total. The number of aliphatic hydroxyl groups excluding tert-OH is 2. The highest BCUT2D eigenvalue weighted by atomic mass is 32.1. The second kappa shape index (κ2) is 15.7. The minimum atomic E-state index is -1.91. The van der Waals surface area contributed by atoms with Crippen molar-refractivity contribution >= 4 is 34.1 Å². The molecule has 9 rings (SSSR count). The van der Waals surface area contributed by atoms with Crippen LogP contribution in [0.2, 0.25) is 0 Å². The number of aromatic amines is 1. The average Bonchev–Trinajstić information content (AvgIpc) is 4.02. The number of fused-ring (bicyclic) bond motifs is 1. The summed E-state index contributed by atoms with van der Waals surface area (Å²) in [6.07, 6.45) is -2.29. The highest BCUT2D eigenvalue weighted by molar-refractivity contribution is 7.13. The number of anilines is 1. The van der Waals surface area contributed by atoms with E-state index in [-0.39, 0.29) is 36.9 Å². The van der Waals surface area contributed by atoms with E-state index in [1.165, 1.54) is 4.90 Å². The summed E-state index contributed by atoms with van der Waals surface area (Å²) in [6.45, 7) is 10.2. The lowest BCUT2D eigenvalue weighted by molar-refractivity contribution is -0.193. The quantitative estimate of drug-likeness (QED) is 0.0970. The summed E-state index contributed by atoms with van der Waals surface area (Å²) in [7, 11) is 0. The van der Waals surface area contributed by atoms with E-state index in [1.807, 2.05) is 54.9 Å². The van der Waals surface area contributed by atoms with Crippen molar-refractivity contribution in [1.82, 2.24) is 40.4 Å². The largest absolute Gasteiger partial charge is 0.507 e. The van der Waals surface area contributed by atoms with Crippen molar-refractivity contribution in [3.63, 3.8) is 0 Å². The van der Waals surface area contributed by atoms with Gasteiger partial charge in [0.25, 0.3) is 0 Å². The SMILES string of the molecule is Cc1ncsc1-c1ccc(CNC(=O)[C@@H]2C[C@@H](O)CN2C(O)C(O)(c2cc(N3CC(CN4CC(c5cc6cc(-c7ccccc7O)nnc6[nH]5)C4)C3)no2)C(C)C)cc1. The van der Waals surface area contributed by atoms with Crippen LogP contribution >= 0.6 is 11.3 Å². The summed E-state index contributed by atoms with van der Waals surface area (Å²) in [5, 5.41) is 61.8. The Morgan fingerprint density at radius 1 is 1.05 bits per heavy atom. The van der Waals surface area contributed by atoms with Gasteiger partial charge in [0.15, 0.2) is 22.8 Å². The van der Waals surface area contributed by atoms with Crippen molar-refractivity contribution in [2.75, 3.05) is 44.2 Å². The van der Waals surface area contributed by atoms with E-state index < -0.39 is 29.9 Å². The monoisotopic (exact) mass is 819 g/mol. The van der Waals surface area contributed by atoms with Crippen LogP contribution in [0.1, 0.15) is 48.9 Å². The molecule has 6 N–H and O–H groups in total. The number of rotatable bonds is 13. The fourth-order valence-corrected chi connectivity index (χ4v) is 9.55. The Kier molecular flexibility index (Phi) is 10.5. The van der Waals surface area contributed by atoms with Gasteiger partial charge in [-0.2, -0.15) is 0 Å². The van der Waals surface area contributed by atoms with Crippen LogP contribution in [0.15, 0.2) is 76.8 Å². The molecule has 0 saturated carbocycles. The highest BCUT2D eigenvalue weighted by Gasteiger charge is 2.52. The zero-order valence-electron chi connectivity index (χ0n) is 33.2. The molecular formula is C43H49N9O6S. The molecule has 0 aliphatic carbocycles. The van der Waals surface area contributed by atoms with E-state index in [4.69, 9.17) is 4.52 Å². The number of para-hydroxylation sites is 1. The molecule has 0 radical (unpaired) electrons. The van der Waals surface area contributed by atoms with Crippen LogP contribution in [0.4, 0.5) is 5.82 Å². The van der Waals surface area contributed by atoms with Crippen LogP contribution in [0, 0.1) is 18.8 Å². The van der Waals surface area contributed by atoms with Crippen LogP contribution in [-0.2, 0) is 16.9 Å². The Balaban J connectivity index is 0.782. The Hall–Kier alpha value is -5.23. The Morgan fingerprint density at radius 3 is 2.56 bits per heavy atom. The summed E-state index contributed by atoms with van der Waals surface area (Å²) in [5.41, 5.74) is 6.01. The first-order chi connectivity index (χ1) is 28.4. The standard InChI is InChI=1S/C43H49N9O6S/c1-24(2)43(57,42(56)52-22-31(53)14-35(52)41(55)44-16-26-8-10-28(11-9-26)39-25(3)45-23-59-39)37-15-38(49-58-37)51-18-27(19-51)17-50-20-30(21-50)33-12-29-13-34(47-48-40(29)46-33)32-6-4-5-7-36(32)54/h4-13,15,23-24,27,30-31,35,42,53-54,56-57H,14,16-22H2,1-3H3,(H,44,55)(H,46,48)/t31-,35+,42?,43?/m1/s1. The number of aliphatic hydroxyl groups is 3. The number of hydrogen-bond donors (Lipinski definition) is 6. The number of aromatic nitrogens is 5. The van der Waals surface area contributed by atoms with E-state index in [0.29, 0.717) is 28.9 Å². The van der Waals surface area contributed by atoms with Crippen molar-refractivity contribution in [1.29, 1.82) is 0 Å². The van der Waals surface area contributed by atoms with E-state index >= 15 is 0 Å². The molecule has 4 aromatic heterocycles. The number of aryl methyl sites for hydroxylation is 1. The lowest BCUT2D eigenvalue weighted by atomic mass is 9.84. The van der Waals surface area contributed by atoms with Crippen LogP contribution in [0.3, 0.4) is 0 Å². The molecule has 4 atom stereocenters. The first-order valence-electron chi connectivity index (χ1n) is 20.1. The lowest BCUT2D eigenvalue weighted by Crippen LogP contribution is -2.57. The predicted octanol–water partition coefficient (Wildman–Crippen LogP) is 4.20. The lowest BCUT2D eigenvalue weighted by Gasteiger charge is -2.46. The number of thiazole rings is 1. The number of nitrogens with one attached hydrogen (secondary N) is 2. The summed E-state index contributed by atoms with van der Waals surface area (Å²) in [4.78, 5) is 28.4. The Bertz CT molecular complexity index is 2440. The van der Waals surface area contributed by atoms with Gasteiger partial charge in [0.1, 0.15) is 12.0 Å². The zero-order chi connectivity index (χ0) is 41.0. The summed E-state index contributed by atoms with van der Waals surface area (Å²) >= 11 is 1.58. The molecule has 0 bridgehead atoms. The molecule has 59 heavy (non-hydrogen) atoms. The molecule has 3 fully saturated rings. The van der Waals surface area contributed by atoms with E-state index in [1.54, 1.807) is 43.4 Å². The summed E-state index contributed by atoms with van der Waals surface area (Å²) in [5.74, 6) is 0.802. The first-order valence-corrected chi connectivity index (χ1v) is 21.0. The van der Waals surface area contributed by atoms with Crippen molar-refractivity contribution in [3.8, 4) is 27.4 Å². The molecule has 16 heteroatoms. The molecular weight excluding hydrogens is 771 g/mol. The smallest absolute Gasteiger partial charge is 0.237 e. The molecule has 0 spiro atoms. The number of phenolic OH excluding ortho intramolecular Hbond substituents is 1. The highest BCUT2D eigenvalue weighted by Crippen LogP contribution is 2.40. The maximum absolute atomic E-state index is 13.6. The molecule has 6 aromatic rings. The van der Waals surface area contributed by atoms with Gasteiger partial charge in [0, 0.05) is 80.4 Å². The molecule has 3 aliphatic heterocycles. The number of likely N-dealkylation sites (tertiary alicyclic amines) is 2. The van der Waals surface area contributed by atoms with Gasteiger partial charge < -0.3 is 45.0 Å². The second-order valence-electron chi connectivity index (χ2n) is 16.6. The molecule has 308 valence electrons. The summed E-state index contributed by atoms with van der Waals surface area (Å²) < 4.78 is 5.74. The number of H-pyrrole nitrogens is 1. The van der Waals surface area contributed by atoms with Gasteiger partial charge >= 0.3 is 0 Å². The van der Waals surface area contributed by atoms with E-state index in [9.17, 15) is 25.2 Å². The molecule has 7 heterocycles. The topological polar surface area (TPSA) is 200 Å². The minimum Gasteiger partial charge on any atom is -0.507 e. The van der Waals surface area contributed by atoms with Crippen molar-refractivity contribution in [3.05, 3.63) is 95.0 Å². The van der Waals surface area contributed by atoms with Gasteiger partial charge in [-0.3, -0.25) is 9.69 Å². The minimum absolute atomic E-state index is 0.0122. The van der Waals surface area contributed by atoms with Crippen LogP contribution in [0.25, 0.3) is 32.7 Å². The number of nitrogens with zero attached hydrogens (tertiary/aromatic N) is 7. The van der Waals surface area contributed by atoms with Gasteiger partial charge in [-0.15, -0.1) is 21.5 Å². The molecule has 2 aromatic carbocycles. The molecule has 3 saturated heterocycles. The second-order valence-corrected chi connectivity index (χ2v) is 17.5. The predicted molar refractivity (Wildman–Crippen MR) is 222 cm³/mol. The Morgan fingerprint density at radius 2 is 1.83 bits per heavy atom.